The molecule has 9 aromatic rings. The molecule has 0 atom stereocenters. The van der Waals surface area contributed by atoms with Crippen LogP contribution in [-0.2, 0) is 0 Å². The molecular weight excluding hydrogens is 536 g/mol. The lowest BCUT2D eigenvalue weighted by molar-refractivity contribution is 1.12. The van der Waals surface area contributed by atoms with Gasteiger partial charge in [-0.15, -0.1) is 0 Å². The van der Waals surface area contributed by atoms with Crippen LogP contribution >= 0.6 is 0 Å². The number of hydrogen-bond acceptors (Lipinski definition) is 2. The number of hydrogen-bond donors (Lipinski definition) is 0. The monoisotopic (exact) mass is 562 g/mol. The molecule has 0 spiro atoms. The second-order valence-corrected chi connectivity index (χ2v) is 11.1. The molecule has 4 heteroatoms. The standard InChI is InChI=1S/C40H26N4/c1-3-12-27(13-4-1)39-33-19-7-9-20-35(33)41-40(42-39)29-14-11-17-31(24-29)44-36-21-10-8-18-32(36)34-25-28-22-23-43(37(28)26-38(34)44)30-15-5-2-6-16-30/h1-26H. The third kappa shape index (κ3) is 3.85. The van der Waals surface area contributed by atoms with Crippen molar-refractivity contribution >= 4 is 43.6 Å². The minimum Gasteiger partial charge on any atom is -0.316 e. The Morgan fingerprint density at radius 1 is 0.432 bits per heavy atom. The van der Waals surface area contributed by atoms with Crippen LogP contribution in [0.25, 0.3) is 77.6 Å². The summed E-state index contributed by atoms with van der Waals surface area (Å²) in [5.74, 6) is 0.713. The predicted octanol–water partition coefficient (Wildman–Crippen LogP) is 10.0. The van der Waals surface area contributed by atoms with Crippen molar-refractivity contribution in [3.63, 3.8) is 0 Å². The smallest absolute Gasteiger partial charge is 0.160 e. The van der Waals surface area contributed by atoms with Crippen LogP contribution in [0.5, 0.6) is 0 Å². The van der Waals surface area contributed by atoms with Gasteiger partial charge in [0.05, 0.1) is 27.8 Å². The van der Waals surface area contributed by atoms with E-state index >= 15 is 0 Å². The van der Waals surface area contributed by atoms with Crippen LogP contribution < -0.4 is 0 Å². The van der Waals surface area contributed by atoms with Crippen LogP contribution in [0.2, 0.25) is 0 Å². The Kier molecular flexibility index (Phi) is 5.47. The van der Waals surface area contributed by atoms with E-state index in [9.17, 15) is 0 Å². The molecule has 0 unspecified atom stereocenters. The molecule has 0 aliphatic carbocycles. The second-order valence-electron chi connectivity index (χ2n) is 11.1. The minimum atomic E-state index is 0.713. The van der Waals surface area contributed by atoms with Crippen molar-refractivity contribution in [2.24, 2.45) is 0 Å². The highest BCUT2D eigenvalue weighted by Gasteiger charge is 2.17. The summed E-state index contributed by atoms with van der Waals surface area (Å²) in [5.41, 5.74) is 9.66. The Balaban J connectivity index is 1.27. The van der Waals surface area contributed by atoms with Crippen molar-refractivity contribution in [2.45, 2.75) is 0 Å². The zero-order valence-electron chi connectivity index (χ0n) is 23.8. The van der Waals surface area contributed by atoms with Gasteiger partial charge in [0.15, 0.2) is 5.82 Å². The van der Waals surface area contributed by atoms with E-state index in [4.69, 9.17) is 9.97 Å². The lowest BCUT2D eigenvalue weighted by atomic mass is 10.1. The first-order valence-corrected chi connectivity index (χ1v) is 14.8. The van der Waals surface area contributed by atoms with E-state index in [1.165, 1.54) is 27.2 Å². The van der Waals surface area contributed by atoms with Gasteiger partial charge in [-0.05, 0) is 54.6 Å². The summed E-state index contributed by atoms with van der Waals surface area (Å²) >= 11 is 0. The number of aromatic nitrogens is 4. The number of fused-ring (bicyclic) bond motifs is 5. The molecule has 206 valence electrons. The summed E-state index contributed by atoms with van der Waals surface area (Å²) in [6.45, 7) is 0. The van der Waals surface area contributed by atoms with Gasteiger partial charge in [-0.25, -0.2) is 9.97 Å². The average molecular weight is 563 g/mol. The molecule has 0 N–H and O–H groups in total. The molecule has 0 aliphatic rings. The molecule has 0 aliphatic heterocycles. The zero-order valence-corrected chi connectivity index (χ0v) is 23.8. The SMILES string of the molecule is c1ccc(-c2nc(-c3cccc(-n4c5ccccc5c5cc6ccn(-c7ccccc7)c6cc54)c3)nc3ccccc23)cc1. The van der Waals surface area contributed by atoms with Crippen molar-refractivity contribution in [3.05, 3.63) is 158 Å². The molecule has 0 amide bonds. The molecule has 0 saturated carbocycles. The van der Waals surface area contributed by atoms with Crippen molar-refractivity contribution in [1.29, 1.82) is 0 Å². The third-order valence-corrected chi connectivity index (χ3v) is 8.53. The highest BCUT2D eigenvalue weighted by Crippen LogP contribution is 2.37. The first-order valence-electron chi connectivity index (χ1n) is 14.8. The summed E-state index contributed by atoms with van der Waals surface area (Å²) in [7, 11) is 0. The van der Waals surface area contributed by atoms with Gasteiger partial charge in [0.25, 0.3) is 0 Å². The average Bonchev–Trinajstić information content (AvgIpc) is 3.66. The first-order chi connectivity index (χ1) is 21.8. The summed E-state index contributed by atoms with van der Waals surface area (Å²) in [6.07, 6.45) is 2.16. The fourth-order valence-electron chi connectivity index (χ4n) is 6.50. The van der Waals surface area contributed by atoms with Crippen molar-refractivity contribution in [2.75, 3.05) is 0 Å². The van der Waals surface area contributed by atoms with Gasteiger partial charge >= 0.3 is 0 Å². The van der Waals surface area contributed by atoms with E-state index in [0.717, 1.165) is 44.6 Å². The van der Waals surface area contributed by atoms with E-state index in [-0.39, 0.29) is 0 Å². The Hall–Kier alpha value is -6.00. The van der Waals surface area contributed by atoms with Crippen molar-refractivity contribution < 1.29 is 0 Å². The highest BCUT2D eigenvalue weighted by molar-refractivity contribution is 6.13. The number of benzene rings is 6. The van der Waals surface area contributed by atoms with Gasteiger partial charge in [0.1, 0.15) is 0 Å². The fourth-order valence-corrected chi connectivity index (χ4v) is 6.50. The molecule has 6 aromatic carbocycles. The molecule has 44 heavy (non-hydrogen) atoms. The highest BCUT2D eigenvalue weighted by atomic mass is 15.0. The van der Waals surface area contributed by atoms with Crippen LogP contribution in [0, 0.1) is 0 Å². The second kappa shape index (κ2) is 9.79. The minimum absolute atomic E-state index is 0.713. The molecule has 3 aromatic heterocycles. The summed E-state index contributed by atoms with van der Waals surface area (Å²) in [6, 6.07) is 53.3. The van der Waals surface area contributed by atoms with E-state index < -0.39 is 0 Å². The molecular formula is C40H26N4. The van der Waals surface area contributed by atoms with E-state index in [1.54, 1.807) is 0 Å². The molecule has 9 rings (SSSR count). The van der Waals surface area contributed by atoms with Crippen molar-refractivity contribution in [3.8, 4) is 34.0 Å². The first kappa shape index (κ1) is 24.6. The molecule has 0 saturated heterocycles. The molecule has 3 heterocycles. The Labute approximate surface area is 254 Å². The maximum atomic E-state index is 5.14. The molecule has 0 bridgehead atoms. The Morgan fingerprint density at radius 2 is 1.14 bits per heavy atom. The van der Waals surface area contributed by atoms with Gasteiger partial charge in [0.2, 0.25) is 0 Å². The van der Waals surface area contributed by atoms with Gasteiger partial charge in [-0.3, -0.25) is 0 Å². The summed E-state index contributed by atoms with van der Waals surface area (Å²) in [5, 5.41) is 4.73. The lowest BCUT2D eigenvalue weighted by Crippen LogP contribution is -1.98. The topological polar surface area (TPSA) is 35.6 Å². The predicted molar refractivity (Wildman–Crippen MR) is 182 cm³/mol. The van der Waals surface area contributed by atoms with Gasteiger partial charge in [0, 0.05) is 50.2 Å². The van der Waals surface area contributed by atoms with E-state index in [2.05, 4.69) is 149 Å². The third-order valence-electron chi connectivity index (χ3n) is 8.53. The van der Waals surface area contributed by atoms with Crippen LogP contribution in [0.15, 0.2) is 158 Å². The fraction of sp³-hybridized carbons (Fsp3) is 0. The normalized spacial score (nSPS) is 11.6. The van der Waals surface area contributed by atoms with E-state index in [0.29, 0.717) is 5.82 Å². The largest absolute Gasteiger partial charge is 0.316 e. The van der Waals surface area contributed by atoms with Gasteiger partial charge in [-0.1, -0.05) is 97.1 Å². The molecule has 0 fully saturated rings. The summed E-state index contributed by atoms with van der Waals surface area (Å²) in [4.78, 5) is 10.2. The maximum Gasteiger partial charge on any atom is 0.160 e. The maximum absolute atomic E-state index is 5.14. The summed E-state index contributed by atoms with van der Waals surface area (Å²) < 4.78 is 4.64. The zero-order chi connectivity index (χ0) is 29.0. The van der Waals surface area contributed by atoms with Crippen LogP contribution in [-0.4, -0.2) is 19.1 Å². The van der Waals surface area contributed by atoms with E-state index in [1.807, 2.05) is 18.2 Å². The lowest BCUT2D eigenvalue weighted by Gasteiger charge is -2.12. The quantitative estimate of drug-likeness (QED) is 0.214. The Bertz CT molecular complexity index is 2490. The van der Waals surface area contributed by atoms with Crippen LogP contribution in [0.3, 0.4) is 0 Å². The van der Waals surface area contributed by atoms with Gasteiger partial charge in [-0.2, -0.15) is 0 Å². The van der Waals surface area contributed by atoms with Crippen LogP contribution in [0.4, 0.5) is 0 Å². The number of rotatable bonds is 4. The van der Waals surface area contributed by atoms with Gasteiger partial charge < -0.3 is 9.13 Å². The Morgan fingerprint density at radius 3 is 2.00 bits per heavy atom. The molecule has 4 nitrogen and oxygen atoms in total. The van der Waals surface area contributed by atoms with Crippen molar-refractivity contribution in [1.82, 2.24) is 19.1 Å². The number of para-hydroxylation sites is 3. The van der Waals surface area contributed by atoms with Crippen LogP contribution in [0.1, 0.15) is 0 Å². The number of nitrogens with zero attached hydrogens (tertiary/aromatic N) is 4. The molecule has 0 radical (unpaired) electrons.